The Balaban J connectivity index is 1.39. The molecule has 3 nitrogen and oxygen atoms in total. The first-order chi connectivity index (χ1) is 9.33. The number of nitrogens with one attached hydrogen (secondary N) is 2. The molecule has 0 heterocycles. The standard InChI is InChI=1S/C16H22N2O/c19-16(11-17-13-8-4-5-9-13)18-15-10-14(15)12-6-2-1-3-7-12/h1-3,6-7,13-15,17H,4-5,8-11H2,(H,18,19). The normalized spacial score (nSPS) is 26.3. The molecule has 3 rings (SSSR count). The van der Waals surface area contributed by atoms with Crippen molar-refractivity contribution in [2.45, 2.75) is 50.1 Å². The van der Waals surface area contributed by atoms with Gasteiger partial charge in [-0.15, -0.1) is 0 Å². The molecule has 0 bridgehead atoms. The summed E-state index contributed by atoms with van der Waals surface area (Å²) < 4.78 is 0. The first-order valence-corrected chi connectivity index (χ1v) is 7.40. The lowest BCUT2D eigenvalue weighted by Gasteiger charge is -2.11. The van der Waals surface area contributed by atoms with E-state index in [-0.39, 0.29) is 5.91 Å². The van der Waals surface area contributed by atoms with Gasteiger partial charge in [-0.1, -0.05) is 43.2 Å². The van der Waals surface area contributed by atoms with Crippen LogP contribution in [0.15, 0.2) is 30.3 Å². The van der Waals surface area contributed by atoms with Crippen LogP contribution in [0.1, 0.15) is 43.6 Å². The number of rotatable bonds is 5. The summed E-state index contributed by atoms with van der Waals surface area (Å²) in [5.41, 5.74) is 1.34. The number of hydrogen-bond acceptors (Lipinski definition) is 2. The van der Waals surface area contributed by atoms with Gasteiger partial charge in [0.05, 0.1) is 6.54 Å². The van der Waals surface area contributed by atoms with Gasteiger partial charge in [0, 0.05) is 18.0 Å². The zero-order chi connectivity index (χ0) is 13.1. The fourth-order valence-corrected chi connectivity index (χ4v) is 3.05. The minimum absolute atomic E-state index is 0.148. The van der Waals surface area contributed by atoms with Gasteiger partial charge in [0.2, 0.25) is 5.91 Å². The van der Waals surface area contributed by atoms with Crippen molar-refractivity contribution in [2.24, 2.45) is 0 Å². The zero-order valence-electron chi connectivity index (χ0n) is 11.3. The molecule has 1 aromatic rings. The molecule has 0 aromatic heterocycles. The first-order valence-electron chi connectivity index (χ1n) is 7.40. The number of carbonyl (C=O) groups is 1. The third-order valence-electron chi connectivity index (χ3n) is 4.27. The highest BCUT2D eigenvalue weighted by Crippen LogP contribution is 2.40. The number of carbonyl (C=O) groups excluding carboxylic acids is 1. The Kier molecular flexibility index (Phi) is 3.83. The van der Waals surface area contributed by atoms with E-state index in [1.807, 2.05) is 6.07 Å². The molecule has 1 amide bonds. The molecular weight excluding hydrogens is 236 g/mol. The van der Waals surface area contributed by atoms with Crippen molar-refractivity contribution in [1.82, 2.24) is 10.6 Å². The average molecular weight is 258 g/mol. The summed E-state index contributed by atoms with van der Waals surface area (Å²) in [4.78, 5) is 11.9. The highest BCUT2D eigenvalue weighted by molar-refractivity contribution is 5.79. The number of benzene rings is 1. The summed E-state index contributed by atoms with van der Waals surface area (Å²) in [5.74, 6) is 0.673. The second-order valence-electron chi connectivity index (χ2n) is 5.79. The Morgan fingerprint density at radius 3 is 2.63 bits per heavy atom. The highest BCUT2D eigenvalue weighted by atomic mass is 16.2. The van der Waals surface area contributed by atoms with E-state index in [0.717, 1.165) is 6.42 Å². The first kappa shape index (κ1) is 12.7. The topological polar surface area (TPSA) is 41.1 Å². The van der Waals surface area contributed by atoms with Crippen molar-refractivity contribution >= 4 is 5.91 Å². The molecule has 0 aliphatic heterocycles. The maximum Gasteiger partial charge on any atom is 0.234 e. The van der Waals surface area contributed by atoms with Gasteiger partial charge in [-0.3, -0.25) is 4.79 Å². The van der Waals surface area contributed by atoms with Crippen molar-refractivity contribution in [3.05, 3.63) is 35.9 Å². The van der Waals surface area contributed by atoms with Crippen LogP contribution >= 0.6 is 0 Å². The van der Waals surface area contributed by atoms with Crippen LogP contribution in [0.3, 0.4) is 0 Å². The second kappa shape index (κ2) is 5.74. The summed E-state index contributed by atoms with van der Waals surface area (Å²) in [6.45, 7) is 0.475. The SMILES string of the molecule is O=C(CNC1CCCC1)NC1CC1c1ccccc1. The Morgan fingerprint density at radius 2 is 1.89 bits per heavy atom. The average Bonchev–Trinajstić information content (AvgIpc) is 3.00. The number of hydrogen-bond donors (Lipinski definition) is 2. The Bertz CT molecular complexity index is 426. The van der Waals surface area contributed by atoms with E-state index >= 15 is 0 Å². The van der Waals surface area contributed by atoms with Crippen LogP contribution in [-0.4, -0.2) is 24.5 Å². The predicted molar refractivity (Wildman–Crippen MR) is 76.0 cm³/mol. The van der Waals surface area contributed by atoms with Gasteiger partial charge >= 0.3 is 0 Å². The van der Waals surface area contributed by atoms with Gasteiger partial charge in [0.1, 0.15) is 0 Å². The third-order valence-corrected chi connectivity index (χ3v) is 4.27. The molecule has 2 fully saturated rings. The molecule has 2 aliphatic rings. The largest absolute Gasteiger partial charge is 0.352 e. The van der Waals surface area contributed by atoms with Crippen molar-refractivity contribution in [2.75, 3.05) is 6.54 Å². The van der Waals surface area contributed by atoms with Gasteiger partial charge in [-0.25, -0.2) is 0 Å². The van der Waals surface area contributed by atoms with E-state index in [2.05, 4.69) is 34.9 Å². The molecule has 0 spiro atoms. The molecule has 2 saturated carbocycles. The number of amides is 1. The van der Waals surface area contributed by atoms with E-state index in [1.165, 1.54) is 31.2 Å². The van der Waals surface area contributed by atoms with Crippen LogP contribution in [0.2, 0.25) is 0 Å². The molecule has 0 radical (unpaired) electrons. The molecule has 2 atom stereocenters. The van der Waals surface area contributed by atoms with Gasteiger partial charge in [0.25, 0.3) is 0 Å². The van der Waals surface area contributed by atoms with Crippen LogP contribution in [0.25, 0.3) is 0 Å². The van der Waals surface area contributed by atoms with E-state index in [1.54, 1.807) is 0 Å². The third kappa shape index (κ3) is 3.35. The van der Waals surface area contributed by atoms with E-state index < -0.39 is 0 Å². The molecule has 0 saturated heterocycles. The lowest BCUT2D eigenvalue weighted by Crippen LogP contribution is -2.39. The van der Waals surface area contributed by atoms with E-state index in [0.29, 0.717) is 24.5 Å². The molecule has 102 valence electrons. The van der Waals surface area contributed by atoms with Gasteiger partial charge in [-0.05, 0) is 24.8 Å². The van der Waals surface area contributed by atoms with Crippen LogP contribution in [0.4, 0.5) is 0 Å². The molecule has 2 unspecified atom stereocenters. The smallest absolute Gasteiger partial charge is 0.234 e. The van der Waals surface area contributed by atoms with Crippen LogP contribution in [0, 0.1) is 0 Å². The quantitative estimate of drug-likeness (QED) is 0.850. The maximum absolute atomic E-state index is 11.9. The maximum atomic E-state index is 11.9. The van der Waals surface area contributed by atoms with Crippen molar-refractivity contribution in [1.29, 1.82) is 0 Å². The second-order valence-corrected chi connectivity index (χ2v) is 5.79. The summed E-state index contributed by atoms with van der Waals surface area (Å²) in [7, 11) is 0. The fourth-order valence-electron chi connectivity index (χ4n) is 3.05. The van der Waals surface area contributed by atoms with Crippen LogP contribution < -0.4 is 10.6 Å². The van der Waals surface area contributed by atoms with Gasteiger partial charge < -0.3 is 10.6 Å². The molecule has 1 aromatic carbocycles. The molecule has 19 heavy (non-hydrogen) atoms. The van der Waals surface area contributed by atoms with E-state index in [9.17, 15) is 4.79 Å². The highest BCUT2D eigenvalue weighted by Gasteiger charge is 2.39. The summed E-state index contributed by atoms with van der Waals surface area (Å²) >= 11 is 0. The van der Waals surface area contributed by atoms with Crippen molar-refractivity contribution in [3.63, 3.8) is 0 Å². The molecule has 2 aliphatic carbocycles. The summed E-state index contributed by atoms with van der Waals surface area (Å²) in [6, 6.07) is 11.4. The monoisotopic (exact) mass is 258 g/mol. The Hall–Kier alpha value is -1.35. The lowest BCUT2D eigenvalue weighted by atomic mass is 10.1. The summed E-state index contributed by atoms with van der Waals surface area (Å²) in [6.07, 6.45) is 6.14. The fraction of sp³-hybridized carbons (Fsp3) is 0.562. The lowest BCUT2D eigenvalue weighted by molar-refractivity contribution is -0.120. The zero-order valence-corrected chi connectivity index (χ0v) is 11.3. The minimum atomic E-state index is 0.148. The molecular formula is C16H22N2O. The minimum Gasteiger partial charge on any atom is -0.352 e. The summed E-state index contributed by atoms with van der Waals surface area (Å²) in [5, 5.41) is 6.48. The molecule has 2 N–H and O–H groups in total. The van der Waals surface area contributed by atoms with Crippen LogP contribution in [-0.2, 0) is 4.79 Å². The van der Waals surface area contributed by atoms with Crippen molar-refractivity contribution in [3.8, 4) is 0 Å². The predicted octanol–water partition coefficient (Wildman–Crippen LogP) is 2.19. The van der Waals surface area contributed by atoms with Crippen molar-refractivity contribution < 1.29 is 4.79 Å². The van der Waals surface area contributed by atoms with Gasteiger partial charge in [-0.2, -0.15) is 0 Å². The Morgan fingerprint density at radius 1 is 1.16 bits per heavy atom. The van der Waals surface area contributed by atoms with Crippen LogP contribution in [0.5, 0.6) is 0 Å². The van der Waals surface area contributed by atoms with Gasteiger partial charge in [0.15, 0.2) is 0 Å². The Labute approximate surface area is 114 Å². The van der Waals surface area contributed by atoms with E-state index in [4.69, 9.17) is 0 Å². The molecule has 3 heteroatoms.